The summed E-state index contributed by atoms with van der Waals surface area (Å²) in [6, 6.07) is 0. The minimum absolute atomic E-state index is 0. The number of nitrogens with zero attached hydrogens (tertiary/aromatic N) is 1. The molecule has 2 atom stereocenters. The van der Waals surface area contributed by atoms with E-state index in [0.29, 0.717) is 11.8 Å². The summed E-state index contributed by atoms with van der Waals surface area (Å²) in [6.07, 6.45) is 6.30. The molecule has 1 amide bonds. The van der Waals surface area contributed by atoms with Gasteiger partial charge >= 0.3 is 0 Å². The topological polar surface area (TPSA) is 20.3 Å². The van der Waals surface area contributed by atoms with Crippen LogP contribution < -0.4 is 0 Å². The van der Waals surface area contributed by atoms with Crippen LogP contribution in [0.4, 0.5) is 0 Å². The first-order chi connectivity index (χ1) is 6.79. The molecule has 2 heteroatoms. The van der Waals surface area contributed by atoms with Crippen LogP contribution >= 0.6 is 0 Å². The van der Waals surface area contributed by atoms with Crippen molar-refractivity contribution in [3.8, 4) is 0 Å². The number of hydrogen-bond acceptors (Lipinski definition) is 1. The standard InChI is InChI=1S/C10H17NO.C2H6.CH4/c1-11-7-6-8-4-2-3-5-9(8)10(11)12;1-2;/h8-9H,2-7H2,1H3;1-2H3;1H4. The first-order valence-electron chi connectivity index (χ1n) is 6.04. The summed E-state index contributed by atoms with van der Waals surface area (Å²) < 4.78 is 0. The van der Waals surface area contributed by atoms with Gasteiger partial charge in [-0.2, -0.15) is 0 Å². The molecule has 0 aromatic rings. The monoisotopic (exact) mass is 213 g/mol. The maximum atomic E-state index is 11.7. The van der Waals surface area contributed by atoms with Crippen molar-refractivity contribution in [3.63, 3.8) is 0 Å². The van der Waals surface area contributed by atoms with Gasteiger partial charge in [-0.3, -0.25) is 4.79 Å². The van der Waals surface area contributed by atoms with E-state index in [2.05, 4.69) is 0 Å². The number of amides is 1. The molecule has 0 aromatic heterocycles. The number of fused-ring (bicyclic) bond motifs is 1. The smallest absolute Gasteiger partial charge is 0.225 e. The molecular weight excluding hydrogens is 186 g/mol. The van der Waals surface area contributed by atoms with Gasteiger partial charge in [0.25, 0.3) is 0 Å². The lowest BCUT2D eigenvalue weighted by atomic mass is 9.75. The van der Waals surface area contributed by atoms with Crippen LogP contribution in [-0.2, 0) is 4.79 Å². The van der Waals surface area contributed by atoms with Crippen molar-refractivity contribution in [2.45, 2.75) is 53.4 Å². The van der Waals surface area contributed by atoms with Gasteiger partial charge in [0.15, 0.2) is 0 Å². The number of hydrogen-bond donors (Lipinski definition) is 0. The second-order valence-electron chi connectivity index (χ2n) is 4.20. The average Bonchev–Trinajstić information content (AvgIpc) is 2.27. The molecular formula is C13H27NO. The highest BCUT2D eigenvalue weighted by Crippen LogP contribution is 2.36. The molecule has 15 heavy (non-hydrogen) atoms. The van der Waals surface area contributed by atoms with Crippen LogP contribution in [0.15, 0.2) is 0 Å². The molecule has 1 saturated carbocycles. The molecule has 2 rings (SSSR count). The maximum absolute atomic E-state index is 11.7. The maximum Gasteiger partial charge on any atom is 0.225 e. The molecule has 2 fully saturated rings. The van der Waals surface area contributed by atoms with Crippen LogP contribution in [0.2, 0.25) is 0 Å². The predicted octanol–water partition coefficient (Wildman–Crippen LogP) is 3.32. The molecule has 0 spiro atoms. The van der Waals surface area contributed by atoms with Crippen LogP contribution in [0.1, 0.15) is 53.4 Å². The van der Waals surface area contributed by atoms with Gasteiger partial charge in [0.2, 0.25) is 5.91 Å². The van der Waals surface area contributed by atoms with E-state index < -0.39 is 0 Å². The van der Waals surface area contributed by atoms with Crippen molar-refractivity contribution in [3.05, 3.63) is 0 Å². The van der Waals surface area contributed by atoms with Crippen molar-refractivity contribution in [2.75, 3.05) is 13.6 Å². The fraction of sp³-hybridized carbons (Fsp3) is 0.923. The number of carbonyl (C=O) groups excluding carboxylic acids is 1. The van der Waals surface area contributed by atoms with Gasteiger partial charge in [0.1, 0.15) is 0 Å². The van der Waals surface area contributed by atoms with Gasteiger partial charge in [0.05, 0.1) is 0 Å². The van der Waals surface area contributed by atoms with Crippen molar-refractivity contribution in [2.24, 2.45) is 11.8 Å². The van der Waals surface area contributed by atoms with Crippen LogP contribution in [0, 0.1) is 11.8 Å². The van der Waals surface area contributed by atoms with Gasteiger partial charge in [0, 0.05) is 19.5 Å². The van der Waals surface area contributed by atoms with E-state index in [1.54, 1.807) is 0 Å². The normalized spacial score (nSPS) is 29.5. The lowest BCUT2D eigenvalue weighted by molar-refractivity contribution is -0.141. The van der Waals surface area contributed by atoms with Gasteiger partial charge in [-0.1, -0.05) is 34.1 Å². The Labute approximate surface area is 95.0 Å². The lowest BCUT2D eigenvalue weighted by Crippen LogP contribution is -2.44. The molecule has 0 N–H and O–H groups in total. The van der Waals surface area contributed by atoms with Crippen molar-refractivity contribution < 1.29 is 4.79 Å². The Kier molecular flexibility index (Phi) is 6.62. The number of piperidine rings is 1. The van der Waals surface area contributed by atoms with Crippen molar-refractivity contribution in [1.82, 2.24) is 4.90 Å². The summed E-state index contributed by atoms with van der Waals surface area (Å²) in [6.45, 7) is 4.99. The largest absolute Gasteiger partial charge is 0.346 e. The average molecular weight is 213 g/mol. The molecule has 2 unspecified atom stereocenters. The Bertz CT molecular complexity index is 191. The summed E-state index contributed by atoms with van der Waals surface area (Å²) in [5, 5.41) is 0. The highest BCUT2D eigenvalue weighted by atomic mass is 16.2. The molecule has 0 bridgehead atoms. The second kappa shape index (κ2) is 6.86. The first-order valence-corrected chi connectivity index (χ1v) is 6.04. The van der Waals surface area contributed by atoms with E-state index in [1.165, 1.54) is 25.7 Å². The molecule has 1 aliphatic heterocycles. The molecule has 1 saturated heterocycles. The van der Waals surface area contributed by atoms with Gasteiger partial charge in [-0.25, -0.2) is 0 Å². The zero-order valence-corrected chi connectivity index (χ0v) is 9.75. The van der Waals surface area contributed by atoms with Crippen molar-refractivity contribution in [1.29, 1.82) is 0 Å². The Balaban J connectivity index is 0.000000617. The molecule has 0 aromatic carbocycles. The Morgan fingerprint density at radius 3 is 2.40 bits per heavy atom. The molecule has 2 nitrogen and oxygen atoms in total. The molecule has 1 aliphatic carbocycles. The first kappa shape index (κ1) is 14.5. The summed E-state index contributed by atoms with van der Waals surface area (Å²) in [7, 11) is 1.94. The number of rotatable bonds is 0. The van der Waals surface area contributed by atoms with Crippen LogP contribution in [0.25, 0.3) is 0 Å². The van der Waals surface area contributed by atoms with E-state index in [4.69, 9.17) is 0 Å². The summed E-state index contributed by atoms with van der Waals surface area (Å²) in [5.41, 5.74) is 0. The minimum Gasteiger partial charge on any atom is -0.346 e. The highest BCUT2D eigenvalue weighted by molar-refractivity contribution is 5.79. The van der Waals surface area contributed by atoms with Crippen LogP contribution in [-0.4, -0.2) is 24.4 Å². The van der Waals surface area contributed by atoms with E-state index in [-0.39, 0.29) is 7.43 Å². The molecule has 90 valence electrons. The van der Waals surface area contributed by atoms with Crippen molar-refractivity contribution >= 4 is 5.91 Å². The molecule has 0 radical (unpaired) electrons. The minimum atomic E-state index is 0. The quantitative estimate of drug-likeness (QED) is 0.604. The van der Waals surface area contributed by atoms with E-state index in [9.17, 15) is 4.79 Å². The van der Waals surface area contributed by atoms with E-state index in [1.807, 2.05) is 25.8 Å². The summed E-state index contributed by atoms with van der Waals surface area (Å²) in [4.78, 5) is 13.6. The summed E-state index contributed by atoms with van der Waals surface area (Å²) >= 11 is 0. The van der Waals surface area contributed by atoms with Gasteiger partial charge in [-0.15, -0.1) is 0 Å². The van der Waals surface area contributed by atoms with E-state index >= 15 is 0 Å². The van der Waals surface area contributed by atoms with Gasteiger partial charge in [-0.05, 0) is 25.2 Å². The zero-order valence-electron chi connectivity index (χ0n) is 9.75. The number of carbonyl (C=O) groups is 1. The fourth-order valence-electron chi connectivity index (χ4n) is 2.63. The lowest BCUT2D eigenvalue weighted by Gasteiger charge is -2.38. The Hall–Kier alpha value is -0.530. The molecule has 2 aliphatic rings. The van der Waals surface area contributed by atoms with Gasteiger partial charge < -0.3 is 4.90 Å². The third-order valence-corrected chi connectivity index (χ3v) is 3.44. The Morgan fingerprint density at radius 1 is 1.13 bits per heavy atom. The van der Waals surface area contributed by atoms with E-state index in [0.717, 1.165) is 18.9 Å². The number of likely N-dealkylation sites (tertiary alicyclic amines) is 1. The SMILES string of the molecule is C.CC.CN1CCC2CCCCC2C1=O. The third kappa shape index (κ3) is 3.22. The Morgan fingerprint density at radius 2 is 1.73 bits per heavy atom. The predicted molar refractivity (Wildman–Crippen MR) is 65.8 cm³/mol. The second-order valence-corrected chi connectivity index (χ2v) is 4.20. The van der Waals surface area contributed by atoms with Crippen LogP contribution in [0.3, 0.4) is 0 Å². The zero-order chi connectivity index (χ0) is 10.6. The summed E-state index contributed by atoms with van der Waals surface area (Å²) in [5.74, 6) is 1.52. The molecule has 1 heterocycles. The third-order valence-electron chi connectivity index (χ3n) is 3.44. The fourth-order valence-corrected chi connectivity index (χ4v) is 2.63. The van der Waals surface area contributed by atoms with Crippen LogP contribution in [0.5, 0.6) is 0 Å². The highest BCUT2D eigenvalue weighted by Gasteiger charge is 2.35.